The van der Waals surface area contributed by atoms with E-state index in [1.54, 1.807) is 6.07 Å². The lowest BCUT2D eigenvalue weighted by Gasteiger charge is -2.37. The van der Waals surface area contributed by atoms with Crippen LogP contribution in [0.25, 0.3) is 0 Å². The van der Waals surface area contributed by atoms with E-state index in [4.69, 9.17) is 4.74 Å². The highest BCUT2D eigenvalue weighted by atomic mass is 16.6. The Hall–Kier alpha value is -2.49. The Balaban J connectivity index is 1.40. The highest BCUT2D eigenvalue weighted by Crippen LogP contribution is 2.48. The number of likely N-dealkylation sites (tertiary alicyclic amines) is 1. The lowest BCUT2D eigenvalue weighted by atomic mass is 9.80. The van der Waals surface area contributed by atoms with Crippen LogP contribution in [0.4, 0.5) is 4.79 Å². The van der Waals surface area contributed by atoms with Crippen molar-refractivity contribution in [3.8, 4) is 5.75 Å². The molecule has 1 saturated carbocycles. The molecule has 4 rings (SSSR count). The van der Waals surface area contributed by atoms with Gasteiger partial charge in [-0.1, -0.05) is 42.5 Å². The monoisotopic (exact) mass is 337 g/mol. The minimum absolute atomic E-state index is 0.213. The molecule has 2 aromatic rings. The first kappa shape index (κ1) is 16.0. The predicted molar refractivity (Wildman–Crippen MR) is 95.3 cm³/mol. The van der Waals surface area contributed by atoms with Crippen molar-refractivity contribution in [2.75, 3.05) is 13.1 Å². The van der Waals surface area contributed by atoms with E-state index in [0.29, 0.717) is 30.1 Å². The van der Waals surface area contributed by atoms with Crippen LogP contribution >= 0.6 is 0 Å². The minimum atomic E-state index is -0.213. The van der Waals surface area contributed by atoms with E-state index in [2.05, 4.69) is 6.07 Å². The van der Waals surface area contributed by atoms with Gasteiger partial charge in [-0.25, -0.2) is 4.79 Å². The van der Waals surface area contributed by atoms with Gasteiger partial charge in [0.05, 0.1) is 0 Å². The molecule has 2 aliphatic rings. The van der Waals surface area contributed by atoms with Gasteiger partial charge >= 0.3 is 6.09 Å². The van der Waals surface area contributed by atoms with E-state index < -0.39 is 0 Å². The normalized spacial score (nSPS) is 25.0. The standard InChI is InChI=1S/C21H23NO3/c23-19-8-4-7-16(11-19)20-17-9-10-18(20)13-22(12-17)21(24)25-14-15-5-2-1-3-6-15/h1-8,11,17-18,20,23H,9-10,12-14H2. The van der Waals surface area contributed by atoms with Gasteiger partial charge in [0.25, 0.3) is 0 Å². The van der Waals surface area contributed by atoms with Crippen LogP contribution in [-0.4, -0.2) is 29.2 Å². The Morgan fingerprint density at radius 3 is 2.44 bits per heavy atom. The molecular weight excluding hydrogens is 314 g/mol. The van der Waals surface area contributed by atoms with E-state index in [9.17, 15) is 9.90 Å². The number of amides is 1. The number of carbonyl (C=O) groups is 1. The summed E-state index contributed by atoms with van der Waals surface area (Å²) in [6, 6.07) is 17.4. The third-order valence-electron chi connectivity index (χ3n) is 5.55. The Morgan fingerprint density at radius 1 is 1.04 bits per heavy atom. The molecule has 1 saturated heterocycles. The van der Waals surface area contributed by atoms with Crippen molar-refractivity contribution < 1.29 is 14.6 Å². The Kier molecular flexibility index (Phi) is 4.35. The van der Waals surface area contributed by atoms with Gasteiger partial charge in [-0.05, 0) is 53.9 Å². The summed E-state index contributed by atoms with van der Waals surface area (Å²) < 4.78 is 5.50. The third kappa shape index (κ3) is 3.34. The summed E-state index contributed by atoms with van der Waals surface area (Å²) in [5.74, 6) is 1.65. The van der Waals surface area contributed by atoms with Gasteiger partial charge in [0.2, 0.25) is 0 Å². The molecule has 1 N–H and O–H groups in total. The topological polar surface area (TPSA) is 49.8 Å². The molecule has 4 heteroatoms. The molecule has 0 spiro atoms. The number of fused-ring (bicyclic) bond motifs is 2. The number of phenols is 1. The Bertz CT molecular complexity index is 732. The first-order chi connectivity index (χ1) is 12.2. The highest BCUT2D eigenvalue weighted by molar-refractivity contribution is 5.68. The molecule has 2 bridgehead atoms. The highest BCUT2D eigenvalue weighted by Gasteiger charge is 2.44. The number of piperidine rings is 1. The molecule has 130 valence electrons. The van der Waals surface area contributed by atoms with E-state index >= 15 is 0 Å². The SMILES string of the molecule is O=C(OCc1ccccc1)N1CC2CCC(C1)C2c1cccc(O)c1. The summed E-state index contributed by atoms with van der Waals surface area (Å²) in [5.41, 5.74) is 2.21. The van der Waals surface area contributed by atoms with Gasteiger partial charge in [0, 0.05) is 13.1 Å². The number of benzene rings is 2. The van der Waals surface area contributed by atoms with Crippen LogP contribution in [0, 0.1) is 11.8 Å². The Morgan fingerprint density at radius 2 is 1.76 bits per heavy atom. The summed E-state index contributed by atoms with van der Waals surface area (Å²) in [6.45, 7) is 1.80. The van der Waals surface area contributed by atoms with Crippen LogP contribution in [0.5, 0.6) is 5.75 Å². The molecule has 2 unspecified atom stereocenters. The smallest absolute Gasteiger partial charge is 0.410 e. The van der Waals surface area contributed by atoms with Crippen molar-refractivity contribution in [3.05, 3.63) is 65.7 Å². The molecule has 1 aliphatic heterocycles. The van der Waals surface area contributed by atoms with Crippen molar-refractivity contribution >= 4 is 6.09 Å². The molecule has 25 heavy (non-hydrogen) atoms. The molecule has 4 nitrogen and oxygen atoms in total. The fourth-order valence-electron chi connectivity index (χ4n) is 4.46. The second-order valence-electron chi connectivity index (χ2n) is 7.16. The molecule has 1 aliphatic carbocycles. The fourth-order valence-corrected chi connectivity index (χ4v) is 4.46. The van der Waals surface area contributed by atoms with Gasteiger partial charge in [-0.15, -0.1) is 0 Å². The molecular formula is C21H23NO3. The maximum atomic E-state index is 12.5. The van der Waals surface area contributed by atoms with Gasteiger partial charge < -0.3 is 14.7 Å². The van der Waals surface area contributed by atoms with Crippen molar-refractivity contribution in [2.45, 2.75) is 25.4 Å². The molecule has 2 aromatic carbocycles. The van der Waals surface area contributed by atoms with Crippen molar-refractivity contribution in [3.63, 3.8) is 0 Å². The number of rotatable bonds is 3. The summed E-state index contributed by atoms with van der Waals surface area (Å²) in [7, 11) is 0. The van der Waals surface area contributed by atoms with Crippen LogP contribution in [0.15, 0.2) is 54.6 Å². The first-order valence-corrected chi connectivity index (χ1v) is 8.95. The van der Waals surface area contributed by atoms with E-state index in [1.807, 2.05) is 47.4 Å². The van der Waals surface area contributed by atoms with Crippen molar-refractivity contribution in [2.24, 2.45) is 11.8 Å². The first-order valence-electron chi connectivity index (χ1n) is 8.95. The number of hydrogen-bond donors (Lipinski definition) is 1. The van der Waals surface area contributed by atoms with E-state index in [1.165, 1.54) is 5.56 Å². The van der Waals surface area contributed by atoms with Gasteiger partial charge in [-0.2, -0.15) is 0 Å². The van der Waals surface area contributed by atoms with E-state index in [0.717, 1.165) is 31.5 Å². The van der Waals surface area contributed by atoms with Crippen LogP contribution in [0.2, 0.25) is 0 Å². The number of hydrogen-bond acceptors (Lipinski definition) is 3. The molecule has 2 atom stereocenters. The molecule has 0 aromatic heterocycles. The maximum Gasteiger partial charge on any atom is 0.410 e. The number of carbonyl (C=O) groups excluding carboxylic acids is 1. The molecule has 1 heterocycles. The van der Waals surface area contributed by atoms with Crippen LogP contribution < -0.4 is 0 Å². The zero-order valence-electron chi connectivity index (χ0n) is 14.2. The number of phenolic OH excluding ortho intramolecular Hbond substituents is 1. The van der Waals surface area contributed by atoms with Crippen LogP contribution in [-0.2, 0) is 11.3 Å². The average molecular weight is 337 g/mol. The second-order valence-corrected chi connectivity index (χ2v) is 7.16. The largest absolute Gasteiger partial charge is 0.508 e. The van der Waals surface area contributed by atoms with Crippen LogP contribution in [0.3, 0.4) is 0 Å². The molecule has 0 radical (unpaired) electrons. The lowest BCUT2D eigenvalue weighted by molar-refractivity contribution is 0.0713. The van der Waals surface area contributed by atoms with Crippen LogP contribution in [0.1, 0.15) is 29.9 Å². The van der Waals surface area contributed by atoms with Crippen molar-refractivity contribution in [1.82, 2.24) is 4.90 Å². The van der Waals surface area contributed by atoms with Gasteiger partial charge in [-0.3, -0.25) is 0 Å². The van der Waals surface area contributed by atoms with Gasteiger partial charge in [0.1, 0.15) is 12.4 Å². The maximum absolute atomic E-state index is 12.5. The Labute approximate surface area is 148 Å². The fraction of sp³-hybridized carbons (Fsp3) is 0.381. The summed E-state index contributed by atoms with van der Waals surface area (Å²) in [6.07, 6.45) is 2.05. The number of nitrogens with zero attached hydrogens (tertiary/aromatic N) is 1. The summed E-state index contributed by atoms with van der Waals surface area (Å²) in [4.78, 5) is 14.3. The van der Waals surface area contributed by atoms with E-state index in [-0.39, 0.29) is 6.09 Å². The molecule has 2 fully saturated rings. The zero-order chi connectivity index (χ0) is 17.2. The average Bonchev–Trinajstić information content (AvgIpc) is 2.90. The summed E-state index contributed by atoms with van der Waals surface area (Å²) in [5, 5.41) is 9.77. The zero-order valence-corrected chi connectivity index (χ0v) is 14.2. The summed E-state index contributed by atoms with van der Waals surface area (Å²) >= 11 is 0. The van der Waals surface area contributed by atoms with Crippen molar-refractivity contribution in [1.29, 1.82) is 0 Å². The quantitative estimate of drug-likeness (QED) is 0.915. The predicted octanol–water partition coefficient (Wildman–Crippen LogP) is 4.15. The number of aromatic hydroxyl groups is 1. The lowest BCUT2D eigenvalue weighted by Crippen LogP contribution is -2.44. The number of ether oxygens (including phenoxy) is 1. The molecule has 1 amide bonds. The van der Waals surface area contributed by atoms with Gasteiger partial charge in [0.15, 0.2) is 0 Å². The second kappa shape index (κ2) is 6.79. The minimum Gasteiger partial charge on any atom is -0.508 e. The third-order valence-corrected chi connectivity index (χ3v) is 5.55.